The highest BCUT2D eigenvalue weighted by Gasteiger charge is 2.28. The van der Waals surface area contributed by atoms with E-state index in [1.54, 1.807) is 7.05 Å². The van der Waals surface area contributed by atoms with Crippen LogP contribution in [0.25, 0.3) is 0 Å². The summed E-state index contributed by atoms with van der Waals surface area (Å²) < 4.78 is 5.58. The standard InChI is InChI=1S/C8H15N5O/c1-13-11-8(10-12-13)5-14-7-2-6(3-7)4-9/h6-7H,2-5,9H2,1H3. The quantitative estimate of drug-likeness (QED) is 0.701. The smallest absolute Gasteiger partial charge is 0.200 e. The van der Waals surface area contributed by atoms with Crippen LogP contribution >= 0.6 is 0 Å². The molecule has 0 aliphatic heterocycles. The summed E-state index contributed by atoms with van der Waals surface area (Å²) in [5.41, 5.74) is 5.51. The maximum Gasteiger partial charge on any atom is 0.200 e. The Balaban J connectivity index is 1.69. The molecule has 0 unspecified atom stereocenters. The monoisotopic (exact) mass is 197 g/mol. The number of hydrogen-bond acceptors (Lipinski definition) is 5. The molecule has 0 spiro atoms. The molecule has 78 valence electrons. The lowest BCUT2D eigenvalue weighted by molar-refractivity contribution is -0.0400. The van der Waals surface area contributed by atoms with Gasteiger partial charge in [-0.15, -0.1) is 10.2 Å². The number of aromatic nitrogens is 4. The molecule has 2 rings (SSSR count). The van der Waals surface area contributed by atoms with E-state index >= 15 is 0 Å². The summed E-state index contributed by atoms with van der Waals surface area (Å²) in [5.74, 6) is 1.29. The number of nitrogens with zero attached hydrogens (tertiary/aromatic N) is 4. The molecule has 1 aliphatic carbocycles. The highest BCUT2D eigenvalue weighted by Crippen LogP contribution is 2.29. The van der Waals surface area contributed by atoms with Gasteiger partial charge in [0.15, 0.2) is 5.82 Å². The summed E-state index contributed by atoms with van der Waals surface area (Å²) in [6.45, 7) is 1.22. The third kappa shape index (κ3) is 2.08. The van der Waals surface area contributed by atoms with E-state index < -0.39 is 0 Å². The van der Waals surface area contributed by atoms with Crippen LogP contribution in [0.5, 0.6) is 0 Å². The first-order chi connectivity index (χ1) is 6.78. The van der Waals surface area contributed by atoms with Crippen molar-refractivity contribution in [3.8, 4) is 0 Å². The minimum absolute atomic E-state index is 0.340. The van der Waals surface area contributed by atoms with Gasteiger partial charge in [-0.2, -0.15) is 4.80 Å². The van der Waals surface area contributed by atoms with Crippen LogP contribution in [-0.4, -0.2) is 32.9 Å². The minimum Gasteiger partial charge on any atom is -0.370 e. The largest absolute Gasteiger partial charge is 0.370 e. The van der Waals surface area contributed by atoms with Gasteiger partial charge in [-0.25, -0.2) is 0 Å². The molecule has 1 saturated carbocycles. The fourth-order valence-corrected chi connectivity index (χ4v) is 1.58. The SMILES string of the molecule is Cn1nnc(COC2CC(CN)C2)n1. The molecule has 0 bridgehead atoms. The van der Waals surface area contributed by atoms with E-state index in [2.05, 4.69) is 15.4 Å². The van der Waals surface area contributed by atoms with Crippen molar-refractivity contribution in [1.82, 2.24) is 20.2 Å². The van der Waals surface area contributed by atoms with E-state index in [9.17, 15) is 0 Å². The van der Waals surface area contributed by atoms with E-state index in [-0.39, 0.29) is 0 Å². The second-order valence-electron chi connectivity index (χ2n) is 3.70. The van der Waals surface area contributed by atoms with E-state index in [1.165, 1.54) is 4.80 Å². The average molecular weight is 197 g/mol. The number of tetrazole rings is 1. The van der Waals surface area contributed by atoms with E-state index in [0.717, 1.165) is 19.4 Å². The van der Waals surface area contributed by atoms with Crippen molar-refractivity contribution in [3.05, 3.63) is 5.82 Å². The number of hydrogen-bond donors (Lipinski definition) is 1. The molecule has 6 heteroatoms. The van der Waals surface area contributed by atoms with E-state index in [1.807, 2.05) is 0 Å². The van der Waals surface area contributed by atoms with Gasteiger partial charge in [-0.05, 0) is 30.5 Å². The van der Waals surface area contributed by atoms with Crippen molar-refractivity contribution in [2.45, 2.75) is 25.6 Å². The molecule has 1 fully saturated rings. The first-order valence-corrected chi connectivity index (χ1v) is 4.82. The van der Waals surface area contributed by atoms with Crippen LogP contribution in [0.2, 0.25) is 0 Å². The second-order valence-corrected chi connectivity index (χ2v) is 3.70. The molecule has 1 aromatic rings. The first-order valence-electron chi connectivity index (χ1n) is 4.82. The Hall–Kier alpha value is -1.01. The molecule has 0 aromatic carbocycles. The molecule has 0 saturated heterocycles. The van der Waals surface area contributed by atoms with Crippen LogP contribution in [0.3, 0.4) is 0 Å². The summed E-state index contributed by atoms with van der Waals surface area (Å²) in [7, 11) is 1.74. The van der Waals surface area contributed by atoms with Crippen molar-refractivity contribution in [1.29, 1.82) is 0 Å². The second kappa shape index (κ2) is 4.02. The summed E-state index contributed by atoms with van der Waals surface area (Å²) in [4.78, 5) is 1.43. The lowest BCUT2D eigenvalue weighted by Crippen LogP contribution is -2.35. The Labute approximate surface area is 82.4 Å². The number of nitrogens with two attached hydrogens (primary N) is 1. The van der Waals surface area contributed by atoms with Gasteiger partial charge in [0, 0.05) is 0 Å². The number of aryl methyl sites for hydroxylation is 1. The minimum atomic E-state index is 0.340. The number of ether oxygens (including phenoxy) is 1. The van der Waals surface area contributed by atoms with Gasteiger partial charge in [0.05, 0.1) is 13.2 Å². The molecular formula is C8H15N5O. The van der Waals surface area contributed by atoms with Crippen molar-refractivity contribution in [3.63, 3.8) is 0 Å². The highest BCUT2D eigenvalue weighted by atomic mass is 16.5. The fourth-order valence-electron chi connectivity index (χ4n) is 1.58. The van der Waals surface area contributed by atoms with Crippen LogP contribution in [0.1, 0.15) is 18.7 Å². The molecule has 0 atom stereocenters. The zero-order valence-electron chi connectivity index (χ0n) is 8.26. The Bertz CT molecular complexity index is 294. The fraction of sp³-hybridized carbons (Fsp3) is 0.875. The molecule has 0 amide bonds. The molecule has 0 radical (unpaired) electrons. The Morgan fingerprint density at radius 2 is 2.36 bits per heavy atom. The summed E-state index contributed by atoms with van der Waals surface area (Å²) in [6.07, 6.45) is 2.47. The predicted octanol–water partition coefficient (Wildman–Crippen LogP) is -0.536. The van der Waals surface area contributed by atoms with Crippen LogP contribution in [0.4, 0.5) is 0 Å². The lowest BCUT2D eigenvalue weighted by atomic mass is 9.82. The number of rotatable bonds is 4. The van der Waals surface area contributed by atoms with Crippen molar-refractivity contribution < 1.29 is 4.74 Å². The van der Waals surface area contributed by atoms with E-state index in [4.69, 9.17) is 10.5 Å². The molecule has 1 heterocycles. The summed E-state index contributed by atoms with van der Waals surface area (Å²) in [6, 6.07) is 0. The zero-order chi connectivity index (χ0) is 9.97. The maximum absolute atomic E-state index is 5.58. The summed E-state index contributed by atoms with van der Waals surface area (Å²) in [5, 5.41) is 11.6. The van der Waals surface area contributed by atoms with Crippen LogP contribution < -0.4 is 5.73 Å². The van der Waals surface area contributed by atoms with Gasteiger partial charge in [-0.3, -0.25) is 0 Å². The van der Waals surface area contributed by atoms with Gasteiger partial charge in [0.25, 0.3) is 0 Å². The molecule has 1 aliphatic rings. The maximum atomic E-state index is 5.58. The van der Waals surface area contributed by atoms with Gasteiger partial charge in [0.1, 0.15) is 6.61 Å². The van der Waals surface area contributed by atoms with Gasteiger partial charge in [0.2, 0.25) is 0 Å². The third-order valence-electron chi connectivity index (χ3n) is 2.52. The normalized spacial score (nSPS) is 26.1. The van der Waals surface area contributed by atoms with Gasteiger partial charge >= 0.3 is 0 Å². The van der Waals surface area contributed by atoms with Crippen LogP contribution in [0, 0.1) is 5.92 Å². The third-order valence-corrected chi connectivity index (χ3v) is 2.52. The molecule has 1 aromatic heterocycles. The molecular weight excluding hydrogens is 182 g/mol. The molecule has 6 nitrogen and oxygen atoms in total. The van der Waals surface area contributed by atoms with Gasteiger partial charge < -0.3 is 10.5 Å². The average Bonchev–Trinajstić information content (AvgIpc) is 2.49. The van der Waals surface area contributed by atoms with Crippen molar-refractivity contribution >= 4 is 0 Å². The first kappa shape index (κ1) is 9.54. The lowest BCUT2D eigenvalue weighted by Gasteiger charge is -2.33. The molecule has 2 N–H and O–H groups in total. The van der Waals surface area contributed by atoms with Crippen molar-refractivity contribution in [2.24, 2.45) is 18.7 Å². The molecule has 14 heavy (non-hydrogen) atoms. The van der Waals surface area contributed by atoms with Gasteiger partial charge in [-0.1, -0.05) is 0 Å². The van der Waals surface area contributed by atoms with Crippen LogP contribution in [-0.2, 0) is 18.4 Å². The Morgan fingerprint density at radius 1 is 1.57 bits per heavy atom. The van der Waals surface area contributed by atoms with Crippen molar-refractivity contribution in [2.75, 3.05) is 6.54 Å². The summed E-state index contributed by atoms with van der Waals surface area (Å²) >= 11 is 0. The topological polar surface area (TPSA) is 78.8 Å². The zero-order valence-corrected chi connectivity index (χ0v) is 8.26. The van der Waals surface area contributed by atoms with Crippen LogP contribution in [0.15, 0.2) is 0 Å². The van der Waals surface area contributed by atoms with E-state index in [0.29, 0.717) is 24.5 Å². The Kier molecular flexibility index (Phi) is 2.74. The predicted molar refractivity (Wildman–Crippen MR) is 49.2 cm³/mol. The highest BCUT2D eigenvalue weighted by molar-refractivity contribution is 4.82. The Morgan fingerprint density at radius 3 is 2.93 bits per heavy atom.